The Morgan fingerprint density at radius 3 is 2.48 bits per heavy atom. The van der Waals surface area contributed by atoms with Crippen LogP contribution in [0.2, 0.25) is 5.02 Å². The molecule has 0 radical (unpaired) electrons. The average Bonchev–Trinajstić information content (AvgIpc) is 2.50. The highest BCUT2D eigenvalue weighted by molar-refractivity contribution is 6.30. The largest absolute Gasteiger partial charge is 0.489 e. The van der Waals surface area contributed by atoms with Crippen LogP contribution in [0.1, 0.15) is 24.5 Å². The second kappa shape index (κ2) is 8.01. The molecule has 21 heavy (non-hydrogen) atoms. The Bertz CT molecular complexity index is 572. The van der Waals surface area contributed by atoms with Gasteiger partial charge in [0.1, 0.15) is 18.2 Å². The van der Waals surface area contributed by atoms with E-state index in [1.165, 1.54) is 17.7 Å². The third-order valence-electron chi connectivity index (χ3n) is 3.08. The third kappa shape index (κ3) is 5.03. The molecule has 1 N–H and O–H groups in total. The quantitative estimate of drug-likeness (QED) is 0.757. The van der Waals surface area contributed by atoms with Gasteiger partial charge >= 0.3 is 0 Å². The van der Waals surface area contributed by atoms with E-state index in [1.54, 1.807) is 6.07 Å². The van der Waals surface area contributed by atoms with Crippen LogP contribution in [0.3, 0.4) is 0 Å². The van der Waals surface area contributed by atoms with E-state index in [0.717, 1.165) is 25.1 Å². The molecule has 4 heteroatoms. The third-order valence-corrected chi connectivity index (χ3v) is 3.38. The first-order chi connectivity index (χ1) is 10.2. The highest BCUT2D eigenvalue weighted by Crippen LogP contribution is 2.21. The minimum Gasteiger partial charge on any atom is -0.489 e. The van der Waals surface area contributed by atoms with Crippen molar-refractivity contribution in [3.05, 3.63) is 64.4 Å². The van der Waals surface area contributed by atoms with Crippen LogP contribution in [0.5, 0.6) is 5.75 Å². The van der Waals surface area contributed by atoms with Crippen LogP contribution in [-0.2, 0) is 13.2 Å². The second-order valence-corrected chi connectivity index (χ2v) is 5.27. The molecule has 0 bridgehead atoms. The number of hydrogen-bond donors (Lipinski definition) is 1. The predicted octanol–water partition coefficient (Wildman–Crippen LogP) is 4.56. The molecule has 2 aromatic rings. The fraction of sp³-hybridized carbons (Fsp3) is 0.294. The molecule has 0 saturated carbocycles. The first kappa shape index (κ1) is 15.8. The van der Waals surface area contributed by atoms with Crippen molar-refractivity contribution in [2.45, 2.75) is 26.5 Å². The van der Waals surface area contributed by atoms with E-state index in [1.807, 2.05) is 12.1 Å². The van der Waals surface area contributed by atoms with Crippen LogP contribution < -0.4 is 10.1 Å². The van der Waals surface area contributed by atoms with Crippen molar-refractivity contribution in [3.8, 4) is 5.75 Å². The molecule has 0 saturated heterocycles. The summed E-state index contributed by atoms with van der Waals surface area (Å²) in [5.74, 6) is 0.0112. The van der Waals surface area contributed by atoms with E-state index in [0.29, 0.717) is 12.4 Å². The Labute approximate surface area is 129 Å². The number of hydrogen-bond acceptors (Lipinski definition) is 2. The molecule has 0 heterocycles. The lowest BCUT2D eigenvalue weighted by Crippen LogP contribution is -2.13. The molecule has 2 rings (SSSR count). The molecule has 0 aliphatic heterocycles. The number of ether oxygens (including phenoxy) is 1. The summed E-state index contributed by atoms with van der Waals surface area (Å²) in [4.78, 5) is 0. The molecule has 0 atom stereocenters. The lowest BCUT2D eigenvalue weighted by atomic mass is 10.1. The summed E-state index contributed by atoms with van der Waals surface area (Å²) in [6, 6.07) is 12.6. The van der Waals surface area contributed by atoms with Gasteiger partial charge in [-0.15, -0.1) is 0 Å². The minimum absolute atomic E-state index is 0.103. The Hall–Kier alpha value is -1.58. The van der Waals surface area contributed by atoms with Crippen LogP contribution in [0.4, 0.5) is 4.39 Å². The van der Waals surface area contributed by atoms with Gasteiger partial charge in [-0.25, -0.2) is 4.39 Å². The zero-order valence-electron chi connectivity index (χ0n) is 12.0. The van der Waals surface area contributed by atoms with Gasteiger partial charge < -0.3 is 10.1 Å². The van der Waals surface area contributed by atoms with Gasteiger partial charge in [-0.05, 0) is 36.2 Å². The Morgan fingerprint density at radius 1 is 1.10 bits per heavy atom. The van der Waals surface area contributed by atoms with Gasteiger partial charge in [0.25, 0.3) is 0 Å². The molecule has 2 aromatic carbocycles. The molecular formula is C17H19ClFNO. The van der Waals surface area contributed by atoms with Crippen molar-refractivity contribution in [1.29, 1.82) is 0 Å². The molecule has 0 amide bonds. The topological polar surface area (TPSA) is 21.3 Å². The molecule has 0 unspecified atom stereocenters. The molecule has 0 aliphatic carbocycles. The van der Waals surface area contributed by atoms with Crippen LogP contribution in [0, 0.1) is 5.82 Å². The first-order valence-electron chi connectivity index (χ1n) is 7.05. The van der Waals surface area contributed by atoms with Gasteiger partial charge in [0.2, 0.25) is 0 Å². The monoisotopic (exact) mass is 307 g/mol. The van der Waals surface area contributed by atoms with Crippen molar-refractivity contribution >= 4 is 11.6 Å². The summed E-state index contributed by atoms with van der Waals surface area (Å²) in [5, 5.41) is 3.46. The maximum atomic E-state index is 13.3. The lowest BCUT2D eigenvalue weighted by Gasteiger charge is -2.08. The zero-order chi connectivity index (χ0) is 15.1. The Balaban J connectivity index is 1.86. The summed E-state index contributed by atoms with van der Waals surface area (Å²) in [5.41, 5.74) is 2.29. The number of nitrogens with one attached hydrogen (secondary N) is 1. The highest BCUT2D eigenvalue weighted by atomic mass is 35.5. The standard InChI is InChI=1S/C17H19ClFNO/c1-2-9-20-11-13-3-5-14(6-4-13)12-21-15-7-8-16(18)17(19)10-15/h3-8,10,20H,2,9,11-12H2,1H3. The van der Waals surface area contributed by atoms with Gasteiger partial charge in [0.15, 0.2) is 0 Å². The highest BCUT2D eigenvalue weighted by Gasteiger charge is 2.02. The van der Waals surface area contributed by atoms with Crippen LogP contribution in [0.25, 0.3) is 0 Å². The van der Waals surface area contributed by atoms with Gasteiger partial charge in [-0.2, -0.15) is 0 Å². The summed E-state index contributed by atoms with van der Waals surface area (Å²) in [6.07, 6.45) is 1.13. The zero-order valence-corrected chi connectivity index (χ0v) is 12.8. The molecule has 0 aliphatic rings. The molecule has 2 nitrogen and oxygen atoms in total. The van der Waals surface area contributed by atoms with Gasteiger partial charge in [-0.1, -0.05) is 42.8 Å². The average molecular weight is 308 g/mol. The summed E-state index contributed by atoms with van der Waals surface area (Å²) in [6.45, 7) is 4.45. The molecular weight excluding hydrogens is 289 g/mol. The van der Waals surface area contributed by atoms with Gasteiger partial charge in [0, 0.05) is 12.6 Å². The van der Waals surface area contributed by atoms with Crippen molar-refractivity contribution in [1.82, 2.24) is 5.32 Å². The van der Waals surface area contributed by atoms with Gasteiger partial charge in [-0.3, -0.25) is 0 Å². The van der Waals surface area contributed by atoms with Crippen molar-refractivity contribution in [3.63, 3.8) is 0 Å². The Morgan fingerprint density at radius 2 is 1.81 bits per heavy atom. The summed E-state index contributed by atoms with van der Waals surface area (Å²) in [7, 11) is 0. The molecule has 112 valence electrons. The Kier molecular flexibility index (Phi) is 6.03. The summed E-state index contributed by atoms with van der Waals surface area (Å²) >= 11 is 5.63. The van der Waals surface area contributed by atoms with Gasteiger partial charge in [0.05, 0.1) is 5.02 Å². The van der Waals surface area contributed by atoms with E-state index in [-0.39, 0.29) is 5.02 Å². The SMILES string of the molecule is CCCNCc1ccc(COc2ccc(Cl)c(F)c2)cc1. The van der Waals surface area contributed by atoms with E-state index < -0.39 is 5.82 Å². The van der Waals surface area contributed by atoms with E-state index >= 15 is 0 Å². The van der Waals surface area contributed by atoms with Crippen molar-refractivity contribution in [2.24, 2.45) is 0 Å². The molecule has 0 aromatic heterocycles. The normalized spacial score (nSPS) is 10.6. The second-order valence-electron chi connectivity index (χ2n) is 4.86. The lowest BCUT2D eigenvalue weighted by molar-refractivity contribution is 0.304. The van der Waals surface area contributed by atoms with E-state index in [4.69, 9.17) is 16.3 Å². The van der Waals surface area contributed by atoms with Crippen LogP contribution >= 0.6 is 11.6 Å². The first-order valence-corrected chi connectivity index (χ1v) is 7.43. The van der Waals surface area contributed by atoms with Crippen LogP contribution in [0.15, 0.2) is 42.5 Å². The maximum absolute atomic E-state index is 13.3. The number of rotatable bonds is 7. The van der Waals surface area contributed by atoms with E-state index in [9.17, 15) is 4.39 Å². The van der Waals surface area contributed by atoms with Crippen LogP contribution in [-0.4, -0.2) is 6.54 Å². The van der Waals surface area contributed by atoms with E-state index in [2.05, 4.69) is 24.4 Å². The number of halogens is 2. The smallest absolute Gasteiger partial charge is 0.145 e. The maximum Gasteiger partial charge on any atom is 0.145 e. The minimum atomic E-state index is -0.466. The fourth-order valence-corrected chi connectivity index (χ4v) is 2.01. The van der Waals surface area contributed by atoms with Crippen molar-refractivity contribution < 1.29 is 9.13 Å². The summed E-state index contributed by atoms with van der Waals surface area (Å²) < 4.78 is 18.8. The molecule has 0 spiro atoms. The molecule has 0 fully saturated rings. The number of benzene rings is 2. The predicted molar refractivity (Wildman–Crippen MR) is 84.2 cm³/mol. The van der Waals surface area contributed by atoms with Crippen molar-refractivity contribution in [2.75, 3.05) is 6.54 Å². The fourth-order valence-electron chi connectivity index (χ4n) is 1.90.